The Morgan fingerprint density at radius 1 is 1.21 bits per heavy atom. The standard InChI is InChI=1S/C19H25N5O4/c1-10(2)8-24-16-15(17(26)22-19(24)28)12(7-13(21-16)11(3)4)18(27)23-6-5-20-14(25)9-23/h7,10-11H,5-6,8-9H2,1-4H3,(H,20,25)(H,22,26,28). The number of hydrogen-bond acceptors (Lipinski definition) is 5. The second kappa shape index (κ2) is 7.57. The minimum atomic E-state index is -0.646. The Labute approximate surface area is 161 Å². The fourth-order valence-electron chi connectivity index (χ4n) is 3.27. The Morgan fingerprint density at radius 2 is 1.93 bits per heavy atom. The van der Waals surface area contributed by atoms with Crippen molar-refractivity contribution in [2.45, 2.75) is 40.2 Å². The van der Waals surface area contributed by atoms with Gasteiger partial charge in [-0.1, -0.05) is 27.7 Å². The Kier molecular flexibility index (Phi) is 5.35. The van der Waals surface area contributed by atoms with E-state index in [-0.39, 0.29) is 40.9 Å². The van der Waals surface area contributed by atoms with Crippen LogP contribution in [0.25, 0.3) is 11.0 Å². The van der Waals surface area contributed by atoms with E-state index in [1.807, 2.05) is 27.7 Å². The third kappa shape index (κ3) is 3.69. The third-order valence-corrected chi connectivity index (χ3v) is 4.66. The number of carbonyl (C=O) groups is 2. The van der Waals surface area contributed by atoms with Gasteiger partial charge in [-0.3, -0.25) is 23.9 Å². The average Bonchev–Trinajstić information content (AvgIpc) is 2.63. The summed E-state index contributed by atoms with van der Waals surface area (Å²) in [7, 11) is 0. The number of fused-ring (bicyclic) bond motifs is 1. The zero-order valence-electron chi connectivity index (χ0n) is 16.5. The monoisotopic (exact) mass is 387 g/mol. The molecule has 2 aromatic heterocycles. The Hall–Kier alpha value is -2.97. The van der Waals surface area contributed by atoms with Gasteiger partial charge < -0.3 is 10.2 Å². The number of amides is 2. The number of aromatic nitrogens is 3. The maximum atomic E-state index is 13.2. The van der Waals surface area contributed by atoms with E-state index in [4.69, 9.17) is 0 Å². The fraction of sp³-hybridized carbons (Fsp3) is 0.526. The van der Waals surface area contributed by atoms with Crippen LogP contribution in [0, 0.1) is 5.92 Å². The third-order valence-electron chi connectivity index (χ3n) is 4.66. The smallest absolute Gasteiger partial charge is 0.330 e. The van der Waals surface area contributed by atoms with Crippen molar-refractivity contribution in [1.82, 2.24) is 24.8 Å². The van der Waals surface area contributed by atoms with Crippen LogP contribution in [0.5, 0.6) is 0 Å². The van der Waals surface area contributed by atoms with Gasteiger partial charge in [-0.15, -0.1) is 0 Å². The highest BCUT2D eigenvalue weighted by molar-refractivity contribution is 6.06. The van der Waals surface area contributed by atoms with Gasteiger partial charge in [0.2, 0.25) is 5.91 Å². The molecule has 28 heavy (non-hydrogen) atoms. The molecule has 0 spiro atoms. The van der Waals surface area contributed by atoms with Crippen LogP contribution < -0.4 is 16.6 Å². The first-order valence-electron chi connectivity index (χ1n) is 9.42. The largest absolute Gasteiger partial charge is 0.353 e. The van der Waals surface area contributed by atoms with Crippen LogP contribution in [-0.2, 0) is 11.3 Å². The van der Waals surface area contributed by atoms with Gasteiger partial charge in [0.05, 0.1) is 17.5 Å². The van der Waals surface area contributed by atoms with Gasteiger partial charge in [0.1, 0.15) is 0 Å². The topological polar surface area (TPSA) is 117 Å². The molecule has 0 atom stereocenters. The molecular weight excluding hydrogens is 362 g/mol. The quantitative estimate of drug-likeness (QED) is 0.789. The SMILES string of the molecule is CC(C)Cn1c(=O)[nH]c(=O)c2c(C(=O)N3CCNC(=O)C3)cc(C(C)C)nc21. The van der Waals surface area contributed by atoms with Gasteiger partial charge in [0.25, 0.3) is 11.5 Å². The van der Waals surface area contributed by atoms with Crippen molar-refractivity contribution in [1.29, 1.82) is 0 Å². The van der Waals surface area contributed by atoms with Crippen LogP contribution in [0.3, 0.4) is 0 Å². The summed E-state index contributed by atoms with van der Waals surface area (Å²) in [6.07, 6.45) is 0. The van der Waals surface area contributed by atoms with Crippen molar-refractivity contribution >= 4 is 22.8 Å². The Balaban J connectivity index is 2.29. The lowest BCUT2D eigenvalue weighted by atomic mass is 10.0. The molecule has 3 heterocycles. The van der Waals surface area contributed by atoms with Crippen molar-refractivity contribution in [2.24, 2.45) is 5.92 Å². The van der Waals surface area contributed by atoms with Crippen molar-refractivity contribution in [3.05, 3.63) is 38.2 Å². The molecule has 1 saturated heterocycles. The number of nitrogens with zero attached hydrogens (tertiary/aromatic N) is 3. The predicted molar refractivity (Wildman–Crippen MR) is 104 cm³/mol. The molecule has 2 amide bonds. The molecule has 150 valence electrons. The number of piperazine rings is 1. The number of carbonyl (C=O) groups excluding carboxylic acids is 2. The molecule has 2 N–H and O–H groups in total. The molecule has 1 fully saturated rings. The zero-order valence-corrected chi connectivity index (χ0v) is 16.5. The lowest BCUT2D eigenvalue weighted by molar-refractivity contribution is -0.123. The van der Waals surface area contributed by atoms with Gasteiger partial charge in [0, 0.05) is 25.3 Å². The van der Waals surface area contributed by atoms with Crippen LogP contribution in [-0.4, -0.2) is 50.9 Å². The number of rotatable bonds is 4. The van der Waals surface area contributed by atoms with Crippen LogP contribution in [0.2, 0.25) is 0 Å². The van der Waals surface area contributed by atoms with E-state index in [9.17, 15) is 19.2 Å². The molecule has 3 rings (SSSR count). The van der Waals surface area contributed by atoms with Crippen LogP contribution >= 0.6 is 0 Å². The van der Waals surface area contributed by atoms with Gasteiger partial charge in [-0.2, -0.15) is 0 Å². The highest BCUT2D eigenvalue weighted by Crippen LogP contribution is 2.21. The number of nitrogens with one attached hydrogen (secondary N) is 2. The highest BCUT2D eigenvalue weighted by Gasteiger charge is 2.27. The minimum Gasteiger partial charge on any atom is -0.353 e. The molecule has 0 bridgehead atoms. The molecule has 2 aromatic rings. The summed E-state index contributed by atoms with van der Waals surface area (Å²) in [4.78, 5) is 58.2. The average molecular weight is 387 g/mol. The van der Waals surface area contributed by atoms with Crippen LogP contribution in [0.15, 0.2) is 15.7 Å². The molecule has 9 nitrogen and oxygen atoms in total. The highest BCUT2D eigenvalue weighted by atomic mass is 16.2. The fourth-order valence-corrected chi connectivity index (χ4v) is 3.27. The lowest BCUT2D eigenvalue weighted by Gasteiger charge is -2.27. The summed E-state index contributed by atoms with van der Waals surface area (Å²) >= 11 is 0. The molecular formula is C19H25N5O4. The number of hydrogen-bond donors (Lipinski definition) is 2. The molecule has 0 radical (unpaired) electrons. The van der Waals surface area contributed by atoms with E-state index in [0.717, 1.165) is 0 Å². The molecule has 1 aliphatic rings. The zero-order chi connectivity index (χ0) is 20.6. The van der Waals surface area contributed by atoms with E-state index < -0.39 is 17.2 Å². The van der Waals surface area contributed by atoms with E-state index >= 15 is 0 Å². The van der Waals surface area contributed by atoms with E-state index in [1.165, 1.54) is 9.47 Å². The number of aromatic amines is 1. The predicted octanol–water partition coefficient (Wildman–Crippen LogP) is 0.436. The van der Waals surface area contributed by atoms with Crippen LogP contribution in [0.1, 0.15) is 49.7 Å². The first-order chi connectivity index (χ1) is 13.2. The van der Waals surface area contributed by atoms with Crippen molar-refractivity contribution in [3.8, 4) is 0 Å². The minimum absolute atomic E-state index is 0.0116. The molecule has 1 aliphatic heterocycles. The Bertz CT molecular complexity index is 1050. The van der Waals surface area contributed by atoms with Gasteiger partial charge in [0.15, 0.2) is 5.65 Å². The molecule has 0 aromatic carbocycles. The van der Waals surface area contributed by atoms with E-state index in [1.54, 1.807) is 6.07 Å². The van der Waals surface area contributed by atoms with Gasteiger partial charge in [-0.05, 0) is 17.9 Å². The summed E-state index contributed by atoms with van der Waals surface area (Å²) in [6, 6.07) is 1.60. The van der Waals surface area contributed by atoms with Crippen molar-refractivity contribution in [3.63, 3.8) is 0 Å². The maximum absolute atomic E-state index is 13.2. The first-order valence-corrected chi connectivity index (χ1v) is 9.42. The second-order valence-corrected chi connectivity index (χ2v) is 7.79. The number of H-pyrrole nitrogens is 1. The summed E-state index contributed by atoms with van der Waals surface area (Å²) in [6.45, 7) is 8.77. The van der Waals surface area contributed by atoms with E-state index in [2.05, 4.69) is 15.3 Å². The van der Waals surface area contributed by atoms with Crippen molar-refractivity contribution < 1.29 is 9.59 Å². The summed E-state index contributed by atoms with van der Waals surface area (Å²) < 4.78 is 1.41. The summed E-state index contributed by atoms with van der Waals surface area (Å²) in [5.41, 5.74) is -0.205. The van der Waals surface area contributed by atoms with E-state index in [0.29, 0.717) is 25.3 Å². The number of pyridine rings is 1. The maximum Gasteiger partial charge on any atom is 0.330 e. The van der Waals surface area contributed by atoms with Gasteiger partial charge >= 0.3 is 5.69 Å². The summed E-state index contributed by atoms with van der Waals surface area (Å²) in [5.74, 6) is -0.527. The van der Waals surface area contributed by atoms with Gasteiger partial charge in [-0.25, -0.2) is 9.78 Å². The summed E-state index contributed by atoms with van der Waals surface area (Å²) in [5, 5.41) is 2.76. The first kappa shape index (κ1) is 19.8. The van der Waals surface area contributed by atoms with Crippen LogP contribution in [0.4, 0.5) is 0 Å². The van der Waals surface area contributed by atoms with Crippen molar-refractivity contribution in [2.75, 3.05) is 19.6 Å². The lowest BCUT2D eigenvalue weighted by Crippen LogP contribution is -2.50. The molecule has 0 saturated carbocycles. The molecule has 0 aliphatic carbocycles. The molecule has 0 unspecified atom stereocenters. The normalized spacial score (nSPS) is 14.8. The second-order valence-electron chi connectivity index (χ2n) is 7.79. The molecule has 9 heteroatoms. The Morgan fingerprint density at radius 3 is 2.54 bits per heavy atom.